The van der Waals surface area contributed by atoms with Crippen LogP contribution in [0.2, 0.25) is 0 Å². The minimum absolute atomic E-state index is 0.0744. The van der Waals surface area contributed by atoms with Crippen molar-refractivity contribution in [3.05, 3.63) is 59.7 Å². The fourth-order valence-corrected chi connectivity index (χ4v) is 3.79. The molecule has 2 aliphatic rings. The van der Waals surface area contributed by atoms with Crippen LogP contribution in [0, 0.1) is 0 Å². The van der Waals surface area contributed by atoms with Crippen molar-refractivity contribution in [1.82, 2.24) is 4.90 Å². The molecule has 2 heterocycles. The minimum atomic E-state index is -0.565. The summed E-state index contributed by atoms with van der Waals surface area (Å²) in [5.74, 6) is -0.126. The molecule has 0 bridgehead atoms. The second kappa shape index (κ2) is 6.87. The van der Waals surface area contributed by atoms with Crippen molar-refractivity contribution in [2.45, 2.75) is 25.3 Å². The van der Waals surface area contributed by atoms with E-state index in [-0.39, 0.29) is 24.1 Å². The highest BCUT2D eigenvalue weighted by molar-refractivity contribution is 6.22. The van der Waals surface area contributed by atoms with Gasteiger partial charge in [0.25, 0.3) is 11.8 Å². The molecule has 0 saturated carbocycles. The van der Waals surface area contributed by atoms with E-state index < -0.39 is 6.04 Å². The molecule has 1 saturated heterocycles. The molecule has 3 amide bonds. The third kappa shape index (κ3) is 2.97. The van der Waals surface area contributed by atoms with Crippen molar-refractivity contribution < 1.29 is 19.1 Å². The third-order valence-corrected chi connectivity index (χ3v) is 5.16. The highest BCUT2D eigenvalue weighted by atomic mass is 16.5. The predicted octanol–water partition coefficient (Wildman–Crippen LogP) is 2.42. The molecule has 2 aliphatic heterocycles. The van der Waals surface area contributed by atoms with Crippen molar-refractivity contribution in [3.63, 3.8) is 0 Å². The molecule has 2 aromatic rings. The zero-order chi connectivity index (χ0) is 19.0. The lowest BCUT2D eigenvalue weighted by atomic mass is 10.1. The number of rotatable bonds is 3. The molecule has 6 nitrogen and oxygen atoms in total. The Bertz CT molecular complexity index is 907. The van der Waals surface area contributed by atoms with E-state index >= 15 is 0 Å². The van der Waals surface area contributed by atoms with Gasteiger partial charge in [0, 0.05) is 6.54 Å². The maximum absolute atomic E-state index is 13.2. The number of para-hydroxylation sites is 1. The number of ether oxygens (including phenoxy) is 1. The second-order valence-corrected chi connectivity index (χ2v) is 6.77. The Morgan fingerprint density at radius 3 is 2.59 bits per heavy atom. The van der Waals surface area contributed by atoms with Crippen LogP contribution < -0.4 is 9.64 Å². The van der Waals surface area contributed by atoms with Crippen LogP contribution in [0.3, 0.4) is 0 Å². The molecule has 4 rings (SSSR count). The molecular formula is C21H20N2O4. The highest BCUT2D eigenvalue weighted by Crippen LogP contribution is 2.32. The number of hydrogen-bond acceptors (Lipinski definition) is 4. The van der Waals surface area contributed by atoms with Crippen molar-refractivity contribution in [3.8, 4) is 5.75 Å². The first-order valence-electron chi connectivity index (χ1n) is 9.00. The van der Waals surface area contributed by atoms with Gasteiger partial charge < -0.3 is 9.64 Å². The van der Waals surface area contributed by atoms with Crippen molar-refractivity contribution in [2.75, 3.05) is 18.6 Å². The normalized spacial score (nSPS) is 18.8. The Morgan fingerprint density at radius 1 is 1.11 bits per heavy atom. The van der Waals surface area contributed by atoms with Gasteiger partial charge in [0.1, 0.15) is 11.8 Å². The van der Waals surface area contributed by atoms with Crippen LogP contribution in [0.5, 0.6) is 5.75 Å². The van der Waals surface area contributed by atoms with E-state index in [9.17, 15) is 14.4 Å². The number of carbonyl (C=O) groups excluding carboxylic acids is 3. The van der Waals surface area contributed by atoms with Gasteiger partial charge in [-0.05, 0) is 42.7 Å². The largest absolute Gasteiger partial charge is 0.497 e. The zero-order valence-corrected chi connectivity index (χ0v) is 15.1. The molecule has 6 heteroatoms. The number of imide groups is 1. The summed E-state index contributed by atoms with van der Waals surface area (Å²) in [6.45, 7) is 0.546. The average Bonchev–Trinajstić information content (AvgIpc) is 3.15. The Morgan fingerprint density at radius 2 is 1.85 bits per heavy atom. The molecule has 0 unspecified atom stereocenters. The van der Waals surface area contributed by atoms with Gasteiger partial charge in [0.15, 0.2) is 0 Å². The van der Waals surface area contributed by atoms with Gasteiger partial charge in [0.2, 0.25) is 5.91 Å². The van der Waals surface area contributed by atoms with Crippen LogP contribution in [0.1, 0.15) is 28.8 Å². The van der Waals surface area contributed by atoms with Gasteiger partial charge in [-0.1, -0.05) is 24.3 Å². The van der Waals surface area contributed by atoms with E-state index in [2.05, 4.69) is 0 Å². The topological polar surface area (TPSA) is 66.9 Å². The summed E-state index contributed by atoms with van der Waals surface area (Å²) in [7, 11) is 1.58. The number of benzene rings is 2. The standard InChI is InChI=1S/C21H20N2O4/c1-27-15-10-8-14(9-11-15)13-19(24)23-17-6-3-2-5-16(17)20(25)22-12-4-7-18(22)21(23)26/h2-3,5-6,8-11,18H,4,7,12-13H2,1H3/t18-/m0/s1. The summed E-state index contributed by atoms with van der Waals surface area (Å²) in [5.41, 5.74) is 1.56. The molecule has 138 valence electrons. The lowest BCUT2D eigenvalue weighted by Crippen LogP contribution is -2.47. The van der Waals surface area contributed by atoms with Crippen molar-refractivity contribution >= 4 is 23.4 Å². The molecule has 0 aliphatic carbocycles. The van der Waals surface area contributed by atoms with Gasteiger partial charge in [-0.2, -0.15) is 0 Å². The van der Waals surface area contributed by atoms with Gasteiger partial charge >= 0.3 is 0 Å². The van der Waals surface area contributed by atoms with E-state index in [0.29, 0.717) is 30.0 Å². The summed E-state index contributed by atoms with van der Waals surface area (Å²) >= 11 is 0. The average molecular weight is 364 g/mol. The summed E-state index contributed by atoms with van der Waals surface area (Å²) in [4.78, 5) is 41.9. The summed E-state index contributed by atoms with van der Waals surface area (Å²) in [6.07, 6.45) is 1.43. The SMILES string of the molecule is COc1ccc(CC(=O)N2C(=O)[C@@H]3CCCN3C(=O)c3ccccc32)cc1. The quantitative estimate of drug-likeness (QED) is 0.839. The van der Waals surface area contributed by atoms with E-state index in [4.69, 9.17) is 4.74 Å². The van der Waals surface area contributed by atoms with E-state index in [1.165, 1.54) is 4.90 Å². The predicted molar refractivity (Wildman–Crippen MR) is 99.7 cm³/mol. The van der Waals surface area contributed by atoms with E-state index in [1.54, 1.807) is 60.5 Å². The van der Waals surface area contributed by atoms with E-state index in [1.807, 2.05) is 0 Å². The van der Waals surface area contributed by atoms with Crippen LogP contribution in [0.15, 0.2) is 48.5 Å². The van der Waals surface area contributed by atoms with Crippen LogP contribution in [0.4, 0.5) is 5.69 Å². The summed E-state index contributed by atoms with van der Waals surface area (Å²) in [6, 6.07) is 13.4. The smallest absolute Gasteiger partial charge is 0.256 e. The number of anilines is 1. The first-order valence-corrected chi connectivity index (χ1v) is 9.00. The summed E-state index contributed by atoms with van der Waals surface area (Å²) < 4.78 is 5.14. The number of carbonyl (C=O) groups is 3. The van der Waals surface area contributed by atoms with Gasteiger partial charge in [-0.15, -0.1) is 0 Å². The van der Waals surface area contributed by atoms with Crippen molar-refractivity contribution in [1.29, 1.82) is 0 Å². The first-order chi connectivity index (χ1) is 13.1. The van der Waals surface area contributed by atoms with Crippen LogP contribution >= 0.6 is 0 Å². The van der Waals surface area contributed by atoms with Crippen LogP contribution in [-0.2, 0) is 16.0 Å². The number of hydrogen-bond donors (Lipinski definition) is 0. The monoisotopic (exact) mass is 364 g/mol. The molecule has 0 N–H and O–H groups in total. The Balaban J connectivity index is 1.70. The fourth-order valence-electron chi connectivity index (χ4n) is 3.79. The number of methoxy groups -OCH3 is 1. The van der Waals surface area contributed by atoms with Crippen molar-refractivity contribution in [2.24, 2.45) is 0 Å². The number of fused-ring (bicyclic) bond motifs is 2. The molecule has 2 aromatic carbocycles. The zero-order valence-electron chi connectivity index (χ0n) is 15.1. The van der Waals surface area contributed by atoms with Crippen LogP contribution in [-0.4, -0.2) is 42.3 Å². The van der Waals surface area contributed by atoms with Crippen LogP contribution in [0.25, 0.3) is 0 Å². The molecular weight excluding hydrogens is 344 g/mol. The molecule has 0 aromatic heterocycles. The Labute approximate surface area is 157 Å². The third-order valence-electron chi connectivity index (χ3n) is 5.16. The van der Waals surface area contributed by atoms with Gasteiger partial charge in [-0.25, -0.2) is 4.90 Å². The maximum Gasteiger partial charge on any atom is 0.256 e. The number of amides is 3. The second-order valence-electron chi connectivity index (χ2n) is 6.77. The molecule has 1 fully saturated rings. The lowest BCUT2D eigenvalue weighted by Gasteiger charge is -2.24. The Kier molecular flexibility index (Phi) is 4.39. The lowest BCUT2D eigenvalue weighted by molar-refractivity contribution is -0.128. The van der Waals surface area contributed by atoms with E-state index in [0.717, 1.165) is 12.0 Å². The number of nitrogens with zero attached hydrogens (tertiary/aromatic N) is 2. The van der Waals surface area contributed by atoms with Gasteiger partial charge in [0.05, 0.1) is 24.8 Å². The molecule has 0 spiro atoms. The highest BCUT2D eigenvalue weighted by Gasteiger charge is 2.43. The first kappa shape index (κ1) is 17.3. The molecule has 1 atom stereocenters. The maximum atomic E-state index is 13.2. The minimum Gasteiger partial charge on any atom is -0.497 e. The Hall–Kier alpha value is -3.15. The molecule has 0 radical (unpaired) electrons. The molecule has 27 heavy (non-hydrogen) atoms. The van der Waals surface area contributed by atoms with Gasteiger partial charge in [-0.3, -0.25) is 14.4 Å². The fraction of sp³-hybridized carbons (Fsp3) is 0.286. The summed E-state index contributed by atoms with van der Waals surface area (Å²) in [5, 5.41) is 0.